The largest absolute Gasteiger partial charge is 0.359 e. The highest BCUT2D eigenvalue weighted by atomic mass is 16.2. The number of nitrogens with one attached hydrogen (secondary N) is 3. The fourth-order valence-corrected chi connectivity index (χ4v) is 2.73. The summed E-state index contributed by atoms with van der Waals surface area (Å²) in [5, 5.41) is 8.80. The van der Waals surface area contributed by atoms with Crippen LogP contribution in [0, 0.1) is 5.92 Å². The molecule has 1 fully saturated rings. The van der Waals surface area contributed by atoms with Gasteiger partial charge >= 0.3 is 0 Å². The van der Waals surface area contributed by atoms with Crippen molar-refractivity contribution in [2.75, 3.05) is 33.7 Å². The van der Waals surface area contributed by atoms with Crippen LogP contribution in [0.5, 0.6) is 0 Å². The molecular formula is C16H31N5O2. The lowest BCUT2D eigenvalue weighted by atomic mass is 9.93. The molecule has 0 aromatic rings. The van der Waals surface area contributed by atoms with Gasteiger partial charge in [-0.15, -0.1) is 0 Å². The molecule has 23 heavy (non-hydrogen) atoms. The number of aliphatic imine (C=N–C) groups is 1. The van der Waals surface area contributed by atoms with Gasteiger partial charge in [-0.1, -0.05) is 0 Å². The van der Waals surface area contributed by atoms with Gasteiger partial charge in [0.2, 0.25) is 11.8 Å². The topological polar surface area (TPSA) is 85.8 Å². The van der Waals surface area contributed by atoms with Crippen LogP contribution in [-0.4, -0.2) is 62.4 Å². The van der Waals surface area contributed by atoms with Crippen molar-refractivity contribution in [3.05, 3.63) is 0 Å². The number of carbonyl (C=O) groups is 2. The molecule has 1 saturated heterocycles. The number of likely N-dealkylation sites (tertiary alicyclic amines) is 1. The molecular weight excluding hydrogens is 294 g/mol. The average Bonchev–Trinajstić information content (AvgIpc) is 2.51. The number of hydrogen-bond acceptors (Lipinski definition) is 3. The Bertz CT molecular complexity index is 415. The van der Waals surface area contributed by atoms with Crippen LogP contribution in [0.1, 0.15) is 39.5 Å². The fourth-order valence-electron chi connectivity index (χ4n) is 2.73. The predicted octanol–water partition coefficient (Wildman–Crippen LogP) is 0.325. The van der Waals surface area contributed by atoms with Gasteiger partial charge < -0.3 is 20.9 Å². The summed E-state index contributed by atoms with van der Waals surface area (Å²) in [6, 6.07) is 0.168. The third-order valence-electron chi connectivity index (χ3n) is 3.96. The van der Waals surface area contributed by atoms with Crippen molar-refractivity contribution in [2.45, 2.75) is 45.6 Å². The summed E-state index contributed by atoms with van der Waals surface area (Å²) in [5.74, 6) is 1.44. The molecule has 132 valence electrons. The van der Waals surface area contributed by atoms with Crippen LogP contribution < -0.4 is 16.0 Å². The molecule has 0 unspecified atom stereocenters. The minimum Gasteiger partial charge on any atom is -0.359 e. The van der Waals surface area contributed by atoms with E-state index in [4.69, 9.17) is 0 Å². The Morgan fingerprint density at radius 3 is 2.39 bits per heavy atom. The van der Waals surface area contributed by atoms with Crippen molar-refractivity contribution in [1.29, 1.82) is 0 Å². The van der Waals surface area contributed by atoms with Crippen LogP contribution in [0.2, 0.25) is 0 Å². The summed E-state index contributed by atoms with van der Waals surface area (Å²) in [4.78, 5) is 29.6. The molecule has 7 nitrogen and oxygen atoms in total. The number of piperidine rings is 1. The zero-order valence-electron chi connectivity index (χ0n) is 14.8. The normalized spacial score (nSPS) is 16.4. The Kier molecular flexibility index (Phi) is 8.43. The van der Waals surface area contributed by atoms with Crippen molar-refractivity contribution in [2.24, 2.45) is 10.9 Å². The first kappa shape index (κ1) is 19.3. The molecule has 2 amide bonds. The predicted molar refractivity (Wildman–Crippen MR) is 92.2 cm³/mol. The lowest BCUT2D eigenvalue weighted by molar-refractivity contribution is -0.122. The second kappa shape index (κ2) is 10.1. The first-order valence-corrected chi connectivity index (χ1v) is 8.41. The van der Waals surface area contributed by atoms with Gasteiger partial charge in [-0.3, -0.25) is 14.6 Å². The Morgan fingerprint density at radius 1 is 1.22 bits per heavy atom. The third kappa shape index (κ3) is 7.34. The van der Waals surface area contributed by atoms with Crippen molar-refractivity contribution in [3.63, 3.8) is 0 Å². The Morgan fingerprint density at radius 2 is 1.87 bits per heavy atom. The highest BCUT2D eigenvalue weighted by Gasteiger charge is 2.23. The molecule has 0 atom stereocenters. The van der Waals surface area contributed by atoms with E-state index in [0.717, 1.165) is 31.9 Å². The molecule has 0 saturated carbocycles. The Labute approximate surface area is 139 Å². The Hall–Kier alpha value is -1.79. The summed E-state index contributed by atoms with van der Waals surface area (Å²) in [6.45, 7) is 6.25. The van der Waals surface area contributed by atoms with Gasteiger partial charge in [-0.05, 0) is 32.6 Å². The highest BCUT2D eigenvalue weighted by Crippen LogP contribution is 2.20. The SMILES string of the molecule is CN=C(NCCC(=O)NC(C)C)N1CCC(CC(=O)NC)CC1. The molecule has 1 heterocycles. The summed E-state index contributed by atoms with van der Waals surface area (Å²) in [7, 11) is 3.44. The molecule has 0 aromatic carbocycles. The molecule has 0 spiro atoms. The molecule has 3 N–H and O–H groups in total. The van der Waals surface area contributed by atoms with E-state index in [2.05, 4.69) is 25.8 Å². The van der Waals surface area contributed by atoms with Crippen molar-refractivity contribution >= 4 is 17.8 Å². The standard InChI is InChI=1S/C16H31N5O2/c1-12(2)20-14(22)5-8-19-16(18-4)21-9-6-13(7-10-21)11-15(23)17-3/h12-13H,5-11H2,1-4H3,(H,17,23)(H,18,19)(H,20,22). The first-order valence-electron chi connectivity index (χ1n) is 8.41. The van der Waals surface area contributed by atoms with E-state index in [1.807, 2.05) is 13.8 Å². The zero-order valence-corrected chi connectivity index (χ0v) is 14.8. The van der Waals surface area contributed by atoms with E-state index in [1.165, 1.54) is 0 Å². The lowest BCUT2D eigenvalue weighted by Gasteiger charge is -2.34. The van der Waals surface area contributed by atoms with E-state index < -0.39 is 0 Å². The van der Waals surface area contributed by atoms with Crippen LogP contribution in [0.15, 0.2) is 4.99 Å². The molecule has 0 bridgehead atoms. The number of amides is 2. The van der Waals surface area contributed by atoms with Crippen molar-refractivity contribution in [3.8, 4) is 0 Å². The molecule has 0 radical (unpaired) electrons. The van der Waals surface area contributed by atoms with Gasteiger partial charge in [-0.25, -0.2) is 0 Å². The monoisotopic (exact) mass is 325 g/mol. The zero-order chi connectivity index (χ0) is 17.2. The summed E-state index contributed by atoms with van der Waals surface area (Å²) in [5.41, 5.74) is 0. The van der Waals surface area contributed by atoms with E-state index >= 15 is 0 Å². The van der Waals surface area contributed by atoms with Gasteiger partial charge in [-0.2, -0.15) is 0 Å². The molecule has 1 aliphatic rings. The number of hydrogen-bond donors (Lipinski definition) is 3. The minimum absolute atomic E-state index is 0.0484. The van der Waals surface area contributed by atoms with E-state index in [9.17, 15) is 9.59 Å². The number of carbonyl (C=O) groups excluding carboxylic acids is 2. The third-order valence-corrected chi connectivity index (χ3v) is 3.96. The highest BCUT2D eigenvalue weighted by molar-refractivity contribution is 5.81. The number of rotatable bonds is 6. The van der Waals surface area contributed by atoms with E-state index in [1.54, 1.807) is 14.1 Å². The van der Waals surface area contributed by atoms with Crippen LogP contribution >= 0.6 is 0 Å². The average molecular weight is 325 g/mol. The van der Waals surface area contributed by atoms with Crippen LogP contribution in [0.25, 0.3) is 0 Å². The summed E-state index contributed by atoms with van der Waals surface area (Å²) < 4.78 is 0. The second-order valence-electron chi connectivity index (χ2n) is 6.25. The molecule has 0 aromatic heterocycles. The first-order chi connectivity index (χ1) is 11.0. The molecule has 1 aliphatic heterocycles. The van der Waals surface area contributed by atoms with Gasteiger partial charge in [0.15, 0.2) is 5.96 Å². The summed E-state index contributed by atoms with van der Waals surface area (Å²) >= 11 is 0. The van der Waals surface area contributed by atoms with Crippen molar-refractivity contribution < 1.29 is 9.59 Å². The van der Waals surface area contributed by atoms with Gasteiger partial charge in [0.05, 0.1) is 0 Å². The van der Waals surface area contributed by atoms with Gasteiger partial charge in [0.1, 0.15) is 0 Å². The molecule has 0 aliphatic carbocycles. The second-order valence-corrected chi connectivity index (χ2v) is 6.25. The van der Waals surface area contributed by atoms with Gasteiger partial charge in [0.25, 0.3) is 0 Å². The molecule has 7 heteroatoms. The number of guanidine groups is 1. The van der Waals surface area contributed by atoms with E-state index in [-0.39, 0.29) is 17.9 Å². The molecule has 1 rings (SSSR count). The fraction of sp³-hybridized carbons (Fsp3) is 0.812. The maximum Gasteiger partial charge on any atom is 0.221 e. The Balaban J connectivity index is 2.31. The van der Waals surface area contributed by atoms with E-state index in [0.29, 0.717) is 25.3 Å². The number of nitrogens with zero attached hydrogens (tertiary/aromatic N) is 2. The summed E-state index contributed by atoms with van der Waals surface area (Å²) in [6.07, 6.45) is 3.01. The maximum atomic E-state index is 11.6. The minimum atomic E-state index is 0.0484. The van der Waals surface area contributed by atoms with Crippen LogP contribution in [0.3, 0.4) is 0 Å². The lowest BCUT2D eigenvalue weighted by Crippen LogP contribution is -2.46. The van der Waals surface area contributed by atoms with Crippen molar-refractivity contribution in [1.82, 2.24) is 20.9 Å². The van der Waals surface area contributed by atoms with Crippen LogP contribution in [-0.2, 0) is 9.59 Å². The quantitative estimate of drug-likeness (QED) is 0.485. The van der Waals surface area contributed by atoms with Gasteiger partial charge in [0, 0.05) is 52.6 Å². The smallest absolute Gasteiger partial charge is 0.221 e. The van der Waals surface area contributed by atoms with Crippen LogP contribution in [0.4, 0.5) is 0 Å². The maximum absolute atomic E-state index is 11.6.